The van der Waals surface area contributed by atoms with Gasteiger partial charge in [-0.15, -0.1) is 0 Å². The highest BCUT2D eigenvalue weighted by atomic mass is 16.3. The van der Waals surface area contributed by atoms with Crippen molar-refractivity contribution in [1.29, 1.82) is 0 Å². The molecular weight excluding hydrogens is 292 g/mol. The third kappa shape index (κ3) is 4.25. The van der Waals surface area contributed by atoms with Crippen molar-refractivity contribution < 1.29 is 9.90 Å². The number of hydrogen-bond acceptors (Lipinski definition) is 3. The number of nitrogens with zero attached hydrogens (tertiary/aromatic N) is 3. The Morgan fingerprint density at radius 2 is 2.17 bits per heavy atom. The SMILES string of the molecule is CCC(O)(CC)CCNC(=O)N1CCCC[C@H]1c1ccnn1C. The van der Waals surface area contributed by atoms with Crippen molar-refractivity contribution >= 4 is 6.03 Å². The highest BCUT2D eigenvalue weighted by Gasteiger charge is 2.30. The second-order valence-corrected chi connectivity index (χ2v) is 6.50. The van der Waals surface area contributed by atoms with E-state index in [1.165, 1.54) is 0 Å². The molecule has 1 aromatic heterocycles. The average Bonchev–Trinajstić information content (AvgIpc) is 3.00. The molecule has 0 spiro atoms. The summed E-state index contributed by atoms with van der Waals surface area (Å²) < 4.78 is 1.85. The number of urea groups is 1. The maximum atomic E-state index is 12.6. The van der Waals surface area contributed by atoms with Crippen molar-refractivity contribution in [1.82, 2.24) is 20.0 Å². The van der Waals surface area contributed by atoms with Crippen LogP contribution in [0.25, 0.3) is 0 Å². The zero-order valence-corrected chi connectivity index (χ0v) is 14.6. The van der Waals surface area contributed by atoms with E-state index in [4.69, 9.17) is 0 Å². The summed E-state index contributed by atoms with van der Waals surface area (Å²) in [5.74, 6) is 0. The molecule has 1 aliphatic heterocycles. The Balaban J connectivity index is 1.95. The monoisotopic (exact) mass is 322 g/mol. The number of aliphatic hydroxyl groups is 1. The molecule has 2 amide bonds. The van der Waals surface area contributed by atoms with Gasteiger partial charge in [-0.05, 0) is 44.6 Å². The van der Waals surface area contributed by atoms with E-state index >= 15 is 0 Å². The van der Waals surface area contributed by atoms with Crippen molar-refractivity contribution in [2.75, 3.05) is 13.1 Å². The minimum absolute atomic E-state index is 0.0366. The Labute approximate surface area is 138 Å². The van der Waals surface area contributed by atoms with Gasteiger partial charge in [-0.3, -0.25) is 4.68 Å². The number of aryl methyl sites for hydroxylation is 1. The lowest BCUT2D eigenvalue weighted by molar-refractivity contribution is 0.0242. The number of hydrogen-bond donors (Lipinski definition) is 2. The number of amides is 2. The molecule has 6 heteroatoms. The van der Waals surface area contributed by atoms with E-state index in [2.05, 4.69) is 10.4 Å². The molecule has 0 bridgehead atoms. The molecule has 0 saturated carbocycles. The van der Waals surface area contributed by atoms with Crippen molar-refractivity contribution in [3.63, 3.8) is 0 Å². The quantitative estimate of drug-likeness (QED) is 0.846. The summed E-state index contributed by atoms with van der Waals surface area (Å²) in [5, 5.41) is 17.5. The van der Waals surface area contributed by atoms with Gasteiger partial charge in [0.25, 0.3) is 0 Å². The van der Waals surface area contributed by atoms with Crippen LogP contribution in [0, 0.1) is 0 Å². The van der Waals surface area contributed by atoms with Gasteiger partial charge < -0.3 is 15.3 Å². The molecule has 130 valence electrons. The predicted molar refractivity (Wildman–Crippen MR) is 90.1 cm³/mol. The van der Waals surface area contributed by atoms with Gasteiger partial charge >= 0.3 is 6.03 Å². The molecule has 23 heavy (non-hydrogen) atoms. The number of likely N-dealkylation sites (tertiary alicyclic amines) is 1. The van der Waals surface area contributed by atoms with Gasteiger partial charge in [0.05, 0.1) is 17.3 Å². The summed E-state index contributed by atoms with van der Waals surface area (Å²) in [6.07, 6.45) is 6.93. The molecule has 1 atom stereocenters. The summed E-state index contributed by atoms with van der Waals surface area (Å²) in [6.45, 7) is 5.24. The predicted octanol–water partition coefficient (Wildman–Crippen LogP) is 2.60. The van der Waals surface area contributed by atoms with Crippen LogP contribution in [0.4, 0.5) is 4.79 Å². The summed E-state index contributed by atoms with van der Waals surface area (Å²) in [4.78, 5) is 14.5. The number of aromatic nitrogens is 2. The molecule has 0 aliphatic carbocycles. The Bertz CT molecular complexity index is 510. The second kappa shape index (κ2) is 7.81. The van der Waals surface area contributed by atoms with E-state index in [1.54, 1.807) is 6.20 Å². The lowest BCUT2D eigenvalue weighted by Gasteiger charge is -2.36. The van der Waals surface area contributed by atoms with Crippen LogP contribution in [0.1, 0.15) is 64.1 Å². The Morgan fingerprint density at radius 3 is 2.78 bits per heavy atom. The highest BCUT2D eigenvalue weighted by molar-refractivity contribution is 5.74. The lowest BCUT2D eigenvalue weighted by Crippen LogP contribution is -2.46. The molecule has 0 aromatic carbocycles. The largest absolute Gasteiger partial charge is 0.390 e. The number of nitrogens with one attached hydrogen (secondary N) is 1. The first-order valence-corrected chi connectivity index (χ1v) is 8.75. The molecule has 1 aromatic rings. The van der Waals surface area contributed by atoms with Gasteiger partial charge in [0.1, 0.15) is 0 Å². The van der Waals surface area contributed by atoms with Crippen molar-refractivity contribution in [2.24, 2.45) is 7.05 Å². The van der Waals surface area contributed by atoms with Crippen LogP contribution in [-0.4, -0.2) is 44.5 Å². The fraction of sp³-hybridized carbons (Fsp3) is 0.765. The molecule has 1 saturated heterocycles. The summed E-state index contributed by atoms with van der Waals surface area (Å²) in [5.41, 5.74) is 0.412. The lowest BCUT2D eigenvalue weighted by atomic mass is 9.93. The Kier molecular flexibility index (Phi) is 6.04. The van der Waals surface area contributed by atoms with Crippen LogP contribution in [-0.2, 0) is 7.05 Å². The van der Waals surface area contributed by atoms with Gasteiger partial charge in [0, 0.05) is 26.3 Å². The van der Waals surface area contributed by atoms with Crippen LogP contribution in [0.5, 0.6) is 0 Å². The topological polar surface area (TPSA) is 70.4 Å². The van der Waals surface area contributed by atoms with Gasteiger partial charge in [-0.25, -0.2) is 4.79 Å². The van der Waals surface area contributed by atoms with Gasteiger partial charge in [-0.1, -0.05) is 13.8 Å². The molecule has 6 nitrogen and oxygen atoms in total. The van der Waals surface area contributed by atoms with Crippen LogP contribution in [0.2, 0.25) is 0 Å². The Hall–Kier alpha value is -1.56. The maximum absolute atomic E-state index is 12.6. The number of carbonyl (C=O) groups excluding carboxylic acids is 1. The molecule has 1 fully saturated rings. The number of rotatable bonds is 6. The van der Waals surface area contributed by atoms with Gasteiger partial charge in [-0.2, -0.15) is 5.10 Å². The van der Waals surface area contributed by atoms with Crippen LogP contribution in [0.15, 0.2) is 12.3 Å². The maximum Gasteiger partial charge on any atom is 0.317 e. The zero-order chi connectivity index (χ0) is 16.9. The first-order chi connectivity index (χ1) is 11.0. The molecule has 2 heterocycles. The fourth-order valence-electron chi connectivity index (χ4n) is 3.30. The van der Waals surface area contributed by atoms with E-state index in [0.29, 0.717) is 25.8 Å². The molecule has 0 unspecified atom stereocenters. The second-order valence-electron chi connectivity index (χ2n) is 6.50. The normalized spacial score (nSPS) is 19.0. The molecule has 1 aliphatic rings. The molecule has 0 radical (unpaired) electrons. The van der Waals surface area contributed by atoms with E-state index < -0.39 is 5.60 Å². The summed E-state index contributed by atoms with van der Waals surface area (Å²) in [6, 6.07) is 2.04. The van der Waals surface area contributed by atoms with E-state index in [-0.39, 0.29) is 12.1 Å². The highest BCUT2D eigenvalue weighted by Crippen LogP contribution is 2.30. The summed E-state index contributed by atoms with van der Waals surface area (Å²) >= 11 is 0. The summed E-state index contributed by atoms with van der Waals surface area (Å²) in [7, 11) is 1.92. The molecule has 2 rings (SSSR count). The number of piperidine rings is 1. The van der Waals surface area contributed by atoms with E-state index in [0.717, 1.165) is 31.5 Å². The zero-order valence-electron chi connectivity index (χ0n) is 14.6. The van der Waals surface area contributed by atoms with Crippen LogP contribution in [0.3, 0.4) is 0 Å². The first kappa shape index (κ1) is 17.8. The van der Waals surface area contributed by atoms with Crippen LogP contribution < -0.4 is 5.32 Å². The van der Waals surface area contributed by atoms with E-state index in [1.807, 2.05) is 36.5 Å². The standard InChI is InChI=1S/C17H30N4O2/c1-4-17(23,5-2)10-12-18-16(22)21-13-7-6-8-15(21)14-9-11-19-20(14)3/h9,11,15,23H,4-8,10,12-13H2,1-3H3,(H,18,22)/t15-/m0/s1. The third-order valence-electron chi connectivity index (χ3n) is 5.15. The fourth-order valence-corrected chi connectivity index (χ4v) is 3.30. The first-order valence-electron chi connectivity index (χ1n) is 8.75. The minimum atomic E-state index is -0.670. The van der Waals surface area contributed by atoms with Crippen molar-refractivity contribution in [2.45, 2.75) is 64.0 Å². The number of carbonyl (C=O) groups is 1. The van der Waals surface area contributed by atoms with Crippen molar-refractivity contribution in [3.8, 4) is 0 Å². The van der Waals surface area contributed by atoms with Crippen molar-refractivity contribution in [3.05, 3.63) is 18.0 Å². The minimum Gasteiger partial charge on any atom is -0.390 e. The molecular formula is C17H30N4O2. The van der Waals surface area contributed by atoms with E-state index in [9.17, 15) is 9.90 Å². The van der Waals surface area contributed by atoms with Crippen LogP contribution >= 0.6 is 0 Å². The van der Waals surface area contributed by atoms with Gasteiger partial charge in [0.2, 0.25) is 0 Å². The Morgan fingerprint density at radius 1 is 1.43 bits per heavy atom. The average molecular weight is 322 g/mol. The molecule has 2 N–H and O–H groups in total. The smallest absolute Gasteiger partial charge is 0.317 e. The van der Waals surface area contributed by atoms with Gasteiger partial charge in [0.15, 0.2) is 0 Å². The third-order valence-corrected chi connectivity index (χ3v) is 5.15.